The van der Waals surface area contributed by atoms with Crippen molar-refractivity contribution in [2.24, 2.45) is 0 Å². The Morgan fingerprint density at radius 1 is 1.30 bits per heavy atom. The van der Waals surface area contributed by atoms with E-state index in [0.717, 1.165) is 43.0 Å². The number of aromatic nitrogens is 3. The fraction of sp³-hybridized carbons (Fsp3) is 0.500. The molecule has 1 fully saturated rings. The van der Waals surface area contributed by atoms with E-state index >= 15 is 0 Å². The van der Waals surface area contributed by atoms with Gasteiger partial charge in [0.2, 0.25) is 11.7 Å². The Labute approximate surface area is 118 Å². The first-order chi connectivity index (χ1) is 9.72. The van der Waals surface area contributed by atoms with Gasteiger partial charge < -0.3 is 9.84 Å². The molecule has 6 nitrogen and oxygen atoms in total. The predicted molar refractivity (Wildman–Crippen MR) is 75.1 cm³/mol. The molecule has 0 bridgehead atoms. The van der Waals surface area contributed by atoms with Crippen LogP contribution in [0.15, 0.2) is 16.8 Å². The van der Waals surface area contributed by atoms with Crippen LogP contribution < -0.4 is 5.32 Å². The van der Waals surface area contributed by atoms with Crippen molar-refractivity contribution in [2.75, 3.05) is 26.2 Å². The number of pyridine rings is 1. The van der Waals surface area contributed by atoms with Gasteiger partial charge >= 0.3 is 0 Å². The van der Waals surface area contributed by atoms with Gasteiger partial charge in [-0.05, 0) is 25.0 Å². The van der Waals surface area contributed by atoms with Crippen LogP contribution >= 0.6 is 0 Å². The molecule has 0 spiro atoms. The maximum atomic E-state index is 5.34. The lowest BCUT2D eigenvalue weighted by Gasteiger charge is -2.25. The number of hydrogen-bond donors (Lipinski definition) is 1. The Hall–Kier alpha value is -1.79. The van der Waals surface area contributed by atoms with Crippen molar-refractivity contribution in [1.82, 2.24) is 25.3 Å². The molecule has 0 atom stereocenters. The summed E-state index contributed by atoms with van der Waals surface area (Å²) in [6.07, 6.45) is 1.83. The summed E-state index contributed by atoms with van der Waals surface area (Å²) in [5.41, 5.74) is 3.00. The molecule has 1 N–H and O–H groups in total. The van der Waals surface area contributed by atoms with Crippen LogP contribution in [0.5, 0.6) is 0 Å². The van der Waals surface area contributed by atoms with Crippen LogP contribution in [0.4, 0.5) is 0 Å². The maximum absolute atomic E-state index is 5.34. The second kappa shape index (κ2) is 5.68. The first kappa shape index (κ1) is 13.2. The van der Waals surface area contributed by atoms with Gasteiger partial charge in [-0.2, -0.15) is 4.98 Å². The Morgan fingerprint density at radius 3 is 2.85 bits per heavy atom. The van der Waals surface area contributed by atoms with Gasteiger partial charge in [0, 0.05) is 32.4 Å². The molecule has 2 aromatic rings. The van der Waals surface area contributed by atoms with E-state index in [-0.39, 0.29) is 0 Å². The van der Waals surface area contributed by atoms with Gasteiger partial charge in [0.1, 0.15) is 5.69 Å². The number of hydrogen-bond acceptors (Lipinski definition) is 6. The molecule has 3 heterocycles. The second-order valence-corrected chi connectivity index (χ2v) is 5.22. The van der Waals surface area contributed by atoms with Crippen molar-refractivity contribution in [2.45, 2.75) is 20.4 Å². The number of piperazine rings is 1. The van der Waals surface area contributed by atoms with Crippen LogP contribution in [0.1, 0.15) is 17.0 Å². The standard InChI is InChI=1S/C14H19N5O/c1-10-7-11(2)13(16-8-10)14-17-12(20-18-14)9-19-5-3-15-4-6-19/h7-8,15H,3-6,9H2,1-2H3. The van der Waals surface area contributed by atoms with E-state index in [4.69, 9.17) is 4.52 Å². The van der Waals surface area contributed by atoms with Gasteiger partial charge in [-0.25, -0.2) is 0 Å². The van der Waals surface area contributed by atoms with E-state index < -0.39 is 0 Å². The summed E-state index contributed by atoms with van der Waals surface area (Å²) in [4.78, 5) is 11.2. The number of aryl methyl sites for hydroxylation is 2. The lowest BCUT2D eigenvalue weighted by atomic mass is 10.1. The molecule has 1 saturated heterocycles. The fourth-order valence-corrected chi connectivity index (χ4v) is 2.43. The Balaban J connectivity index is 1.75. The van der Waals surface area contributed by atoms with Crippen LogP contribution in [0.2, 0.25) is 0 Å². The zero-order valence-electron chi connectivity index (χ0n) is 11.9. The molecular formula is C14H19N5O. The molecule has 0 amide bonds. The lowest BCUT2D eigenvalue weighted by molar-refractivity contribution is 0.203. The average molecular weight is 273 g/mol. The number of nitrogens with one attached hydrogen (secondary N) is 1. The van der Waals surface area contributed by atoms with Crippen LogP contribution in [0, 0.1) is 13.8 Å². The molecule has 106 valence electrons. The molecule has 3 rings (SSSR count). The summed E-state index contributed by atoms with van der Waals surface area (Å²) in [7, 11) is 0. The third-order valence-electron chi connectivity index (χ3n) is 3.46. The highest BCUT2D eigenvalue weighted by Crippen LogP contribution is 2.18. The number of nitrogens with zero attached hydrogens (tertiary/aromatic N) is 4. The van der Waals surface area contributed by atoms with Crippen LogP contribution in [0.25, 0.3) is 11.5 Å². The normalized spacial score (nSPS) is 16.5. The molecule has 0 saturated carbocycles. The van der Waals surface area contributed by atoms with Gasteiger partial charge in [-0.3, -0.25) is 9.88 Å². The van der Waals surface area contributed by atoms with Crippen molar-refractivity contribution in [3.8, 4) is 11.5 Å². The van der Waals surface area contributed by atoms with Crippen molar-refractivity contribution in [3.63, 3.8) is 0 Å². The highest BCUT2D eigenvalue weighted by Gasteiger charge is 2.16. The van der Waals surface area contributed by atoms with Crippen molar-refractivity contribution in [3.05, 3.63) is 29.3 Å². The van der Waals surface area contributed by atoms with E-state index in [1.807, 2.05) is 20.0 Å². The Kier molecular flexibility index (Phi) is 3.75. The highest BCUT2D eigenvalue weighted by molar-refractivity contribution is 5.53. The Morgan fingerprint density at radius 2 is 2.10 bits per heavy atom. The van der Waals surface area contributed by atoms with Gasteiger partial charge in [-0.15, -0.1) is 0 Å². The fourth-order valence-electron chi connectivity index (χ4n) is 2.43. The van der Waals surface area contributed by atoms with Crippen LogP contribution in [-0.4, -0.2) is 46.2 Å². The topological polar surface area (TPSA) is 67.1 Å². The molecule has 1 aliphatic rings. The molecule has 0 aliphatic carbocycles. The highest BCUT2D eigenvalue weighted by atomic mass is 16.5. The summed E-state index contributed by atoms with van der Waals surface area (Å²) >= 11 is 0. The summed E-state index contributed by atoms with van der Waals surface area (Å²) < 4.78 is 5.34. The largest absolute Gasteiger partial charge is 0.337 e. The average Bonchev–Trinajstić information content (AvgIpc) is 2.88. The summed E-state index contributed by atoms with van der Waals surface area (Å²) in [6.45, 7) is 8.80. The van der Waals surface area contributed by atoms with E-state index in [1.165, 1.54) is 0 Å². The van der Waals surface area contributed by atoms with E-state index in [0.29, 0.717) is 18.3 Å². The van der Waals surface area contributed by atoms with Gasteiger partial charge in [0.05, 0.1) is 6.54 Å². The summed E-state index contributed by atoms with van der Waals surface area (Å²) in [5.74, 6) is 1.23. The molecule has 20 heavy (non-hydrogen) atoms. The zero-order chi connectivity index (χ0) is 13.9. The van der Waals surface area contributed by atoms with Crippen molar-refractivity contribution >= 4 is 0 Å². The van der Waals surface area contributed by atoms with E-state index in [9.17, 15) is 0 Å². The van der Waals surface area contributed by atoms with Crippen LogP contribution in [-0.2, 0) is 6.54 Å². The molecule has 6 heteroatoms. The summed E-state index contributed by atoms with van der Waals surface area (Å²) in [5, 5.41) is 7.38. The quantitative estimate of drug-likeness (QED) is 0.905. The van der Waals surface area contributed by atoms with Gasteiger partial charge in [-0.1, -0.05) is 11.2 Å². The van der Waals surface area contributed by atoms with E-state index in [1.54, 1.807) is 0 Å². The molecule has 0 aromatic carbocycles. The minimum Gasteiger partial charge on any atom is -0.337 e. The first-order valence-corrected chi connectivity index (χ1v) is 6.91. The monoisotopic (exact) mass is 273 g/mol. The third kappa shape index (κ3) is 2.86. The molecule has 2 aromatic heterocycles. The lowest BCUT2D eigenvalue weighted by Crippen LogP contribution is -2.42. The van der Waals surface area contributed by atoms with Gasteiger partial charge in [0.25, 0.3) is 0 Å². The van der Waals surface area contributed by atoms with Gasteiger partial charge in [0.15, 0.2) is 0 Å². The predicted octanol–water partition coefficient (Wildman–Crippen LogP) is 1.15. The minimum absolute atomic E-state index is 0.577. The van der Waals surface area contributed by atoms with Crippen molar-refractivity contribution in [1.29, 1.82) is 0 Å². The van der Waals surface area contributed by atoms with E-state index in [2.05, 4.69) is 31.4 Å². The smallest absolute Gasteiger partial charge is 0.241 e. The Bertz CT molecular complexity index is 589. The SMILES string of the molecule is Cc1cnc(-c2noc(CN3CCNCC3)n2)c(C)c1. The third-order valence-corrected chi connectivity index (χ3v) is 3.46. The molecule has 1 aliphatic heterocycles. The second-order valence-electron chi connectivity index (χ2n) is 5.22. The summed E-state index contributed by atoms with van der Waals surface area (Å²) in [6, 6.07) is 2.08. The zero-order valence-corrected chi connectivity index (χ0v) is 11.9. The minimum atomic E-state index is 0.577. The maximum Gasteiger partial charge on any atom is 0.241 e. The first-order valence-electron chi connectivity index (χ1n) is 6.91. The number of rotatable bonds is 3. The van der Waals surface area contributed by atoms with Crippen molar-refractivity contribution < 1.29 is 4.52 Å². The molecule has 0 radical (unpaired) electrons. The molecule has 0 unspecified atom stereocenters. The molecular weight excluding hydrogens is 254 g/mol. The van der Waals surface area contributed by atoms with Crippen LogP contribution in [0.3, 0.4) is 0 Å².